The van der Waals surface area contributed by atoms with Gasteiger partial charge in [-0.2, -0.15) is 5.26 Å². The second-order valence-corrected chi connectivity index (χ2v) is 4.38. The normalized spacial score (nSPS) is 11.9. The van der Waals surface area contributed by atoms with Crippen LogP contribution in [0.4, 0.5) is 11.4 Å². The van der Waals surface area contributed by atoms with E-state index in [4.69, 9.17) is 20.5 Å². The van der Waals surface area contributed by atoms with Crippen LogP contribution in [-0.2, 0) is 9.47 Å². The Morgan fingerprint density at radius 3 is 2.68 bits per heavy atom. The van der Waals surface area contributed by atoms with E-state index in [-0.39, 0.29) is 6.04 Å². The Morgan fingerprint density at radius 1 is 1.37 bits per heavy atom. The van der Waals surface area contributed by atoms with Crippen molar-refractivity contribution in [3.63, 3.8) is 0 Å². The van der Waals surface area contributed by atoms with Gasteiger partial charge >= 0.3 is 0 Å². The summed E-state index contributed by atoms with van der Waals surface area (Å²) in [5, 5.41) is 8.99. The highest BCUT2D eigenvalue weighted by Crippen LogP contribution is 2.26. The van der Waals surface area contributed by atoms with Crippen LogP contribution in [0.5, 0.6) is 0 Å². The Labute approximate surface area is 114 Å². The molecule has 1 rings (SSSR count). The highest BCUT2D eigenvalue weighted by atomic mass is 16.5. The Hall–Kier alpha value is -1.77. The molecule has 1 aromatic rings. The summed E-state index contributed by atoms with van der Waals surface area (Å²) in [4.78, 5) is 2.10. The molecule has 19 heavy (non-hydrogen) atoms. The topological polar surface area (TPSA) is 71.5 Å². The summed E-state index contributed by atoms with van der Waals surface area (Å²) in [7, 11) is 3.33. The second kappa shape index (κ2) is 7.62. The number of hydrogen-bond acceptors (Lipinski definition) is 5. The molecule has 0 aliphatic carbocycles. The van der Waals surface area contributed by atoms with Crippen molar-refractivity contribution in [2.45, 2.75) is 13.0 Å². The SMILES string of the molecule is COCCN(c1cc(C#N)ccc1N)C(C)COC. The molecule has 1 unspecified atom stereocenters. The van der Waals surface area contributed by atoms with E-state index in [2.05, 4.69) is 17.9 Å². The third-order valence-electron chi connectivity index (χ3n) is 2.95. The van der Waals surface area contributed by atoms with Gasteiger partial charge in [0.2, 0.25) is 0 Å². The number of nitrogens with two attached hydrogens (primary N) is 1. The summed E-state index contributed by atoms with van der Waals surface area (Å²) in [5.41, 5.74) is 8.11. The Bertz CT molecular complexity index is 443. The first kappa shape index (κ1) is 15.3. The minimum absolute atomic E-state index is 0.149. The summed E-state index contributed by atoms with van der Waals surface area (Å²) < 4.78 is 10.3. The molecule has 0 bridgehead atoms. The Balaban J connectivity index is 3.05. The third kappa shape index (κ3) is 4.12. The molecule has 5 nitrogen and oxygen atoms in total. The number of nitriles is 1. The molecular weight excluding hydrogens is 242 g/mol. The number of nitrogens with zero attached hydrogens (tertiary/aromatic N) is 2. The average Bonchev–Trinajstić information content (AvgIpc) is 2.41. The fraction of sp³-hybridized carbons (Fsp3) is 0.500. The minimum Gasteiger partial charge on any atom is -0.397 e. The van der Waals surface area contributed by atoms with Gasteiger partial charge in [0.15, 0.2) is 0 Å². The summed E-state index contributed by atoms with van der Waals surface area (Å²) in [6, 6.07) is 7.56. The number of nitrogen functional groups attached to an aromatic ring is 1. The molecule has 0 aliphatic rings. The zero-order valence-electron chi connectivity index (χ0n) is 11.7. The smallest absolute Gasteiger partial charge is 0.0992 e. The molecule has 0 saturated carbocycles. The van der Waals surface area contributed by atoms with Crippen molar-refractivity contribution in [1.82, 2.24) is 0 Å². The third-order valence-corrected chi connectivity index (χ3v) is 2.95. The number of rotatable bonds is 7. The minimum atomic E-state index is 0.149. The maximum Gasteiger partial charge on any atom is 0.0992 e. The molecule has 0 aromatic heterocycles. The van der Waals surface area contributed by atoms with Gasteiger partial charge in [0.25, 0.3) is 0 Å². The van der Waals surface area contributed by atoms with E-state index in [1.807, 2.05) is 0 Å². The van der Waals surface area contributed by atoms with Crippen LogP contribution in [0.15, 0.2) is 18.2 Å². The maximum absolute atomic E-state index is 8.99. The van der Waals surface area contributed by atoms with Crippen LogP contribution in [-0.4, -0.2) is 40.0 Å². The largest absolute Gasteiger partial charge is 0.397 e. The van der Waals surface area contributed by atoms with Gasteiger partial charge in [0.1, 0.15) is 0 Å². The van der Waals surface area contributed by atoms with E-state index in [1.54, 1.807) is 32.4 Å². The number of methoxy groups -OCH3 is 2. The highest BCUT2D eigenvalue weighted by molar-refractivity contribution is 5.70. The predicted molar refractivity (Wildman–Crippen MR) is 76.1 cm³/mol. The fourth-order valence-electron chi connectivity index (χ4n) is 1.96. The van der Waals surface area contributed by atoms with Gasteiger partial charge in [-0.15, -0.1) is 0 Å². The summed E-state index contributed by atoms with van der Waals surface area (Å²) in [6.07, 6.45) is 0. The summed E-state index contributed by atoms with van der Waals surface area (Å²) >= 11 is 0. The van der Waals surface area contributed by atoms with Crippen LogP contribution >= 0.6 is 0 Å². The first-order chi connectivity index (χ1) is 9.13. The average molecular weight is 263 g/mol. The van der Waals surface area contributed by atoms with Crippen LogP contribution < -0.4 is 10.6 Å². The first-order valence-electron chi connectivity index (χ1n) is 6.18. The zero-order chi connectivity index (χ0) is 14.3. The maximum atomic E-state index is 8.99. The van der Waals surface area contributed by atoms with E-state index in [1.165, 1.54) is 0 Å². The number of anilines is 2. The fourth-order valence-corrected chi connectivity index (χ4v) is 1.96. The van der Waals surface area contributed by atoms with Gasteiger partial charge in [-0.25, -0.2) is 0 Å². The molecule has 0 aliphatic heterocycles. The molecule has 2 N–H and O–H groups in total. The molecule has 0 fully saturated rings. The molecule has 104 valence electrons. The molecule has 0 radical (unpaired) electrons. The molecular formula is C14H21N3O2. The van der Waals surface area contributed by atoms with Crippen molar-refractivity contribution in [3.05, 3.63) is 23.8 Å². The van der Waals surface area contributed by atoms with Crippen LogP contribution in [0.3, 0.4) is 0 Å². The molecule has 1 atom stereocenters. The van der Waals surface area contributed by atoms with Gasteiger partial charge in [0.05, 0.1) is 36.2 Å². The Morgan fingerprint density at radius 2 is 2.11 bits per heavy atom. The monoisotopic (exact) mass is 263 g/mol. The lowest BCUT2D eigenvalue weighted by Gasteiger charge is -2.31. The van der Waals surface area contributed by atoms with Crippen molar-refractivity contribution in [2.24, 2.45) is 0 Å². The van der Waals surface area contributed by atoms with Crippen LogP contribution in [0.25, 0.3) is 0 Å². The van der Waals surface area contributed by atoms with Gasteiger partial charge in [-0.3, -0.25) is 0 Å². The van der Waals surface area contributed by atoms with Gasteiger partial charge < -0.3 is 20.1 Å². The predicted octanol–water partition coefficient (Wildman–Crippen LogP) is 1.63. The molecule has 0 saturated heterocycles. The quantitative estimate of drug-likeness (QED) is 0.757. The lowest BCUT2D eigenvalue weighted by Crippen LogP contribution is -2.39. The molecule has 5 heteroatoms. The van der Waals surface area contributed by atoms with E-state index in [9.17, 15) is 0 Å². The van der Waals surface area contributed by atoms with E-state index < -0.39 is 0 Å². The lowest BCUT2D eigenvalue weighted by atomic mass is 10.1. The van der Waals surface area contributed by atoms with Crippen LogP contribution in [0.2, 0.25) is 0 Å². The highest BCUT2D eigenvalue weighted by Gasteiger charge is 2.17. The Kier molecular flexibility index (Phi) is 6.13. The molecule has 0 heterocycles. The van der Waals surface area contributed by atoms with Crippen molar-refractivity contribution in [2.75, 3.05) is 44.6 Å². The van der Waals surface area contributed by atoms with E-state index >= 15 is 0 Å². The van der Waals surface area contributed by atoms with Gasteiger partial charge in [-0.05, 0) is 25.1 Å². The van der Waals surface area contributed by atoms with Crippen LogP contribution in [0.1, 0.15) is 12.5 Å². The van der Waals surface area contributed by atoms with Crippen molar-refractivity contribution in [1.29, 1.82) is 5.26 Å². The molecule has 0 amide bonds. The number of ether oxygens (including phenoxy) is 2. The molecule has 0 spiro atoms. The van der Waals surface area contributed by atoms with Gasteiger partial charge in [0, 0.05) is 26.8 Å². The molecule has 1 aromatic carbocycles. The van der Waals surface area contributed by atoms with E-state index in [0.29, 0.717) is 31.0 Å². The van der Waals surface area contributed by atoms with Crippen molar-refractivity contribution in [3.8, 4) is 6.07 Å². The zero-order valence-corrected chi connectivity index (χ0v) is 11.7. The standard InChI is InChI=1S/C14H21N3O2/c1-11(10-19-3)17(6-7-18-2)14-8-12(9-15)4-5-13(14)16/h4-5,8,11H,6-7,10,16H2,1-3H3. The number of benzene rings is 1. The van der Waals surface area contributed by atoms with Crippen molar-refractivity contribution < 1.29 is 9.47 Å². The lowest BCUT2D eigenvalue weighted by molar-refractivity contribution is 0.171. The summed E-state index contributed by atoms with van der Waals surface area (Å²) in [6.45, 7) is 3.92. The van der Waals surface area contributed by atoms with E-state index in [0.717, 1.165) is 5.69 Å². The summed E-state index contributed by atoms with van der Waals surface area (Å²) in [5.74, 6) is 0. The van der Waals surface area contributed by atoms with Crippen molar-refractivity contribution >= 4 is 11.4 Å². The first-order valence-corrected chi connectivity index (χ1v) is 6.18. The second-order valence-electron chi connectivity index (χ2n) is 4.38. The number of hydrogen-bond donors (Lipinski definition) is 1. The van der Waals surface area contributed by atoms with Gasteiger partial charge in [-0.1, -0.05) is 0 Å². The van der Waals surface area contributed by atoms with Crippen LogP contribution in [0, 0.1) is 11.3 Å².